The minimum Gasteiger partial charge on any atom is -0.476 e. The number of fused-ring (bicyclic) bond motifs is 1. The van der Waals surface area contributed by atoms with E-state index in [2.05, 4.69) is 5.32 Å². The molecule has 0 saturated carbocycles. The number of anilines is 1. The third-order valence-electron chi connectivity index (χ3n) is 5.65. The Hall–Kier alpha value is -3.32. The van der Waals surface area contributed by atoms with E-state index in [4.69, 9.17) is 4.74 Å². The minimum atomic E-state index is -3.57. The lowest BCUT2D eigenvalue weighted by Crippen LogP contribution is -2.51. The molecule has 0 unspecified atom stereocenters. The molecule has 1 aliphatic rings. The Morgan fingerprint density at radius 2 is 1.69 bits per heavy atom. The number of rotatable bonds is 6. The second-order valence-corrected chi connectivity index (χ2v) is 9.90. The molecule has 0 radical (unpaired) electrons. The zero-order valence-corrected chi connectivity index (χ0v) is 18.9. The van der Waals surface area contributed by atoms with Crippen molar-refractivity contribution in [2.75, 3.05) is 16.6 Å². The first-order chi connectivity index (χ1) is 15.4. The number of benzene rings is 3. The third-order valence-corrected chi connectivity index (χ3v) is 7.39. The molecule has 0 aromatic heterocycles. The second-order valence-electron chi connectivity index (χ2n) is 7.71. The maximum atomic E-state index is 13.4. The Balaban J connectivity index is 1.66. The van der Waals surface area contributed by atoms with Gasteiger partial charge in [0.25, 0.3) is 5.91 Å². The maximum Gasteiger partial charge on any atom is 0.263 e. The van der Waals surface area contributed by atoms with Crippen molar-refractivity contribution in [3.63, 3.8) is 0 Å². The van der Waals surface area contributed by atoms with E-state index in [1.165, 1.54) is 4.31 Å². The highest BCUT2D eigenvalue weighted by atomic mass is 32.2. The fourth-order valence-corrected chi connectivity index (χ4v) is 5.01. The van der Waals surface area contributed by atoms with Crippen LogP contribution in [0.2, 0.25) is 0 Å². The molecular formula is C25H26N2O4S. The van der Waals surface area contributed by atoms with Gasteiger partial charge >= 0.3 is 0 Å². The summed E-state index contributed by atoms with van der Waals surface area (Å²) in [4.78, 5) is 13.4. The Kier molecular flexibility index (Phi) is 6.19. The molecule has 0 spiro atoms. The third kappa shape index (κ3) is 4.34. The lowest BCUT2D eigenvalue weighted by Gasteiger charge is -2.35. The summed E-state index contributed by atoms with van der Waals surface area (Å²) < 4.78 is 32.7. The van der Waals surface area contributed by atoms with Gasteiger partial charge < -0.3 is 10.1 Å². The molecule has 3 aromatic carbocycles. The van der Waals surface area contributed by atoms with Crippen molar-refractivity contribution in [2.24, 2.45) is 0 Å². The van der Waals surface area contributed by atoms with Gasteiger partial charge in [0.1, 0.15) is 5.75 Å². The van der Waals surface area contributed by atoms with Gasteiger partial charge in [0.2, 0.25) is 10.0 Å². The molecular weight excluding hydrogens is 424 g/mol. The summed E-state index contributed by atoms with van der Waals surface area (Å²) >= 11 is 0. The Bertz CT molecular complexity index is 1210. The summed E-state index contributed by atoms with van der Waals surface area (Å²) in [5.74, 6) is -0.0538. The van der Waals surface area contributed by atoms with Gasteiger partial charge in [-0.3, -0.25) is 9.10 Å². The number of carbonyl (C=O) groups excluding carboxylic acids is 1. The predicted octanol–water partition coefficient (Wildman–Crippen LogP) is 3.82. The first-order valence-electron chi connectivity index (χ1n) is 10.6. The summed E-state index contributed by atoms with van der Waals surface area (Å²) in [6, 6.07) is 24.1. The first kappa shape index (κ1) is 21.9. The molecule has 7 heteroatoms. The molecule has 3 aromatic rings. The zero-order valence-electron chi connectivity index (χ0n) is 18.1. The number of aryl methyl sites for hydroxylation is 1. The van der Waals surface area contributed by atoms with Crippen LogP contribution in [0.4, 0.5) is 5.69 Å². The van der Waals surface area contributed by atoms with Gasteiger partial charge in [0, 0.05) is 0 Å². The smallest absolute Gasteiger partial charge is 0.263 e. The van der Waals surface area contributed by atoms with Crippen LogP contribution in [0.3, 0.4) is 0 Å². The van der Waals surface area contributed by atoms with Crippen LogP contribution >= 0.6 is 0 Å². The van der Waals surface area contributed by atoms with Crippen LogP contribution in [0.15, 0.2) is 78.9 Å². The molecule has 0 aliphatic carbocycles. The van der Waals surface area contributed by atoms with E-state index < -0.39 is 16.1 Å². The van der Waals surface area contributed by atoms with Crippen molar-refractivity contribution < 1.29 is 17.9 Å². The van der Waals surface area contributed by atoms with E-state index in [0.29, 0.717) is 11.4 Å². The summed E-state index contributed by atoms with van der Waals surface area (Å²) in [5.41, 5.74) is 3.41. The fourth-order valence-electron chi connectivity index (χ4n) is 3.89. The molecule has 1 heterocycles. The summed E-state index contributed by atoms with van der Waals surface area (Å²) in [6.45, 7) is 3.51. The van der Waals surface area contributed by atoms with Gasteiger partial charge in [0.15, 0.2) is 6.10 Å². The minimum absolute atomic E-state index is 0.0640. The number of ether oxygens (including phenoxy) is 1. The van der Waals surface area contributed by atoms with Gasteiger partial charge in [-0.25, -0.2) is 8.42 Å². The number of nitrogens with zero attached hydrogens (tertiary/aromatic N) is 1. The normalized spacial score (nSPS) is 16.6. The fraction of sp³-hybridized carbons (Fsp3) is 0.240. The average Bonchev–Trinajstić information content (AvgIpc) is 2.82. The highest BCUT2D eigenvalue weighted by Crippen LogP contribution is 2.35. The Labute approximate surface area is 188 Å². The molecule has 4 rings (SSSR count). The van der Waals surface area contributed by atoms with Crippen LogP contribution in [0.5, 0.6) is 5.75 Å². The van der Waals surface area contributed by atoms with Crippen molar-refractivity contribution in [3.8, 4) is 5.75 Å². The van der Waals surface area contributed by atoms with Gasteiger partial charge in [0.05, 0.1) is 24.0 Å². The number of hydrogen-bond donors (Lipinski definition) is 1. The molecule has 1 N–H and O–H groups in total. The Morgan fingerprint density at radius 3 is 2.41 bits per heavy atom. The summed E-state index contributed by atoms with van der Waals surface area (Å²) in [7, 11) is -3.57. The number of sulfonamides is 1. The van der Waals surface area contributed by atoms with Crippen LogP contribution in [-0.4, -0.2) is 32.7 Å². The van der Waals surface area contributed by atoms with Gasteiger partial charge in [-0.2, -0.15) is 0 Å². The van der Waals surface area contributed by atoms with Crippen LogP contribution in [0.1, 0.15) is 29.7 Å². The predicted molar refractivity (Wildman–Crippen MR) is 125 cm³/mol. The largest absolute Gasteiger partial charge is 0.476 e. The van der Waals surface area contributed by atoms with E-state index in [-0.39, 0.29) is 24.2 Å². The van der Waals surface area contributed by atoms with Crippen molar-refractivity contribution in [1.29, 1.82) is 0 Å². The van der Waals surface area contributed by atoms with Gasteiger partial charge in [-0.05, 0) is 42.7 Å². The van der Waals surface area contributed by atoms with Crippen molar-refractivity contribution in [2.45, 2.75) is 26.0 Å². The molecule has 1 amide bonds. The number of nitrogens with one attached hydrogen (secondary N) is 1. The van der Waals surface area contributed by atoms with E-state index >= 15 is 0 Å². The highest BCUT2D eigenvalue weighted by Gasteiger charge is 2.36. The molecule has 0 saturated heterocycles. The molecule has 1 aliphatic heterocycles. The molecule has 32 heavy (non-hydrogen) atoms. The quantitative estimate of drug-likeness (QED) is 0.620. The maximum absolute atomic E-state index is 13.4. The van der Waals surface area contributed by atoms with Crippen LogP contribution in [-0.2, 0) is 14.8 Å². The average molecular weight is 451 g/mol. The van der Waals surface area contributed by atoms with E-state index in [0.717, 1.165) is 16.7 Å². The lowest BCUT2D eigenvalue weighted by atomic mass is 9.94. The van der Waals surface area contributed by atoms with Crippen molar-refractivity contribution in [1.82, 2.24) is 5.32 Å². The van der Waals surface area contributed by atoms with E-state index in [9.17, 15) is 13.2 Å². The molecule has 166 valence electrons. The highest BCUT2D eigenvalue weighted by molar-refractivity contribution is 7.92. The summed E-state index contributed by atoms with van der Waals surface area (Å²) in [5, 5.41) is 3.10. The number of amides is 1. The number of hydrogen-bond acceptors (Lipinski definition) is 4. The van der Waals surface area contributed by atoms with Crippen LogP contribution in [0.25, 0.3) is 0 Å². The molecule has 2 atom stereocenters. The molecule has 6 nitrogen and oxygen atoms in total. The lowest BCUT2D eigenvalue weighted by molar-refractivity contribution is -0.128. The topological polar surface area (TPSA) is 75.7 Å². The van der Waals surface area contributed by atoms with E-state index in [1.54, 1.807) is 31.2 Å². The van der Waals surface area contributed by atoms with Gasteiger partial charge in [-0.15, -0.1) is 0 Å². The number of para-hydroxylation sites is 2. The first-order valence-corrected chi connectivity index (χ1v) is 12.2. The summed E-state index contributed by atoms with van der Waals surface area (Å²) in [6.07, 6.45) is -0.971. The standard InChI is InChI=1S/C25H26N2O4S/c1-3-32(29,30)27-17-23(31-22-16-10-9-15-21(22)27)25(28)26-24(19-12-5-4-6-13-19)20-14-8-7-11-18(20)2/h4-16,23-24H,3,17H2,1-2H3,(H,26,28)/t23-,24+/m0/s1. The van der Waals surface area contributed by atoms with Crippen molar-refractivity contribution >= 4 is 21.6 Å². The van der Waals surface area contributed by atoms with Crippen molar-refractivity contribution in [3.05, 3.63) is 95.6 Å². The SMILES string of the molecule is CCS(=O)(=O)N1C[C@@H](C(=O)N[C@H](c2ccccc2)c2ccccc2C)Oc2ccccc21. The van der Waals surface area contributed by atoms with E-state index in [1.807, 2.05) is 61.5 Å². The van der Waals surface area contributed by atoms with Crippen LogP contribution in [0, 0.1) is 6.92 Å². The number of carbonyl (C=O) groups is 1. The zero-order chi connectivity index (χ0) is 22.7. The monoisotopic (exact) mass is 450 g/mol. The van der Waals surface area contributed by atoms with Crippen LogP contribution < -0.4 is 14.4 Å². The second kappa shape index (κ2) is 9.04. The van der Waals surface area contributed by atoms with Gasteiger partial charge in [-0.1, -0.05) is 66.7 Å². The molecule has 0 fully saturated rings. The Morgan fingerprint density at radius 1 is 1.03 bits per heavy atom. The molecule has 0 bridgehead atoms.